The molecule has 0 saturated heterocycles. The van der Waals surface area contributed by atoms with E-state index in [0.717, 1.165) is 11.4 Å². The van der Waals surface area contributed by atoms with Crippen molar-refractivity contribution in [3.63, 3.8) is 0 Å². The van der Waals surface area contributed by atoms with Gasteiger partial charge in [0.15, 0.2) is 0 Å². The molecule has 3 nitrogen and oxygen atoms in total. The van der Waals surface area contributed by atoms with Crippen molar-refractivity contribution in [2.45, 2.75) is 25.7 Å². The fourth-order valence-electron chi connectivity index (χ4n) is 1.43. The zero-order chi connectivity index (χ0) is 13.1. The molecule has 0 atom stereocenters. The number of anilines is 1. The van der Waals surface area contributed by atoms with Gasteiger partial charge in [0.2, 0.25) is 0 Å². The Hall–Kier alpha value is -1.16. The van der Waals surface area contributed by atoms with Gasteiger partial charge in [-0.2, -0.15) is 0 Å². The highest BCUT2D eigenvalue weighted by Gasteiger charge is 2.16. The summed E-state index contributed by atoms with van der Waals surface area (Å²) >= 11 is 1.45. The Bertz CT molecular complexity index is 410. The molecule has 2 N–H and O–H groups in total. The number of hydrogen-bond donors (Lipinski definition) is 2. The highest BCUT2D eigenvalue weighted by molar-refractivity contribution is 7.98. The largest absolute Gasteiger partial charge is 0.478 e. The van der Waals surface area contributed by atoms with Crippen LogP contribution in [0.2, 0.25) is 0 Å². The fraction of sp³-hybridized carbons (Fsp3) is 0.462. The topological polar surface area (TPSA) is 49.3 Å². The average molecular weight is 253 g/mol. The van der Waals surface area contributed by atoms with Gasteiger partial charge in [-0.3, -0.25) is 0 Å². The molecule has 0 aromatic heterocycles. The number of aromatic carboxylic acids is 1. The zero-order valence-electron chi connectivity index (χ0n) is 10.7. The minimum atomic E-state index is -0.883. The third-order valence-corrected chi connectivity index (χ3v) is 3.05. The van der Waals surface area contributed by atoms with E-state index in [1.165, 1.54) is 11.8 Å². The minimum absolute atomic E-state index is 0.116. The third-order valence-electron chi connectivity index (χ3n) is 2.27. The van der Waals surface area contributed by atoms with Crippen molar-refractivity contribution in [2.75, 3.05) is 18.1 Å². The normalized spacial score (nSPS) is 11.3. The van der Waals surface area contributed by atoms with Crippen molar-refractivity contribution in [3.8, 4) is 0 Å². The molecule has 0 fully saturated rings. The van der Waals surface area contributed by atoms with Crippen molar-refractivity contribution in [1.82, 2.24) is 0 Å². The standard InChI is InChI=1S/C13H19NO2S/c1-13(2,3)8-14-9-6-5-7-10(17-4)11(9)12(15)16/h5-7,14H,8H2,1-4H3,(H,15,16). The molecule has 0 radical (unpaired) electrons. The van der Waals surface area contributed by atoms with E-state index in [2.05, 4.69) is 26.1 Å². The average Bonchev–Trinajstić information content (AvgIpc) is 2.24. The summed E-state index contributed by atoms with van der Waals surface area (Å²) in [6, 6.07) is 5.52. The maximum atomic E-state index is 11.3. The van der Waals surface area contributed by atoms with Crippen LogP contribution in [0.3, 0.4) is 0 Å². The van der Waals surface area contributed by atoms with Crippen molar-refractivity contribution >= 4 is 23.4 Å². The van der Waals surface area contributed by atoms with Crippen molar-refractivity contribution < 1.29 is 9.90 Å². The van der Waals surface area contributed by atoms with Gasteiger partial charge < -0.3 is 10.4 Å². The van der Waals surface area contributed by atoms with E-state index >= 15 is 0 Å². The maximum absolute atomic E-state index is 11.3. The first kappa shape index (κ1) is 13.9. The van der Waals surface area contributed by atoms with Crippen molar-refractivity contribution in [3.05, 3.63) is 23.8 Å². The summed E-state index contributed by atoms with van der Waals surface area (Å²) in [6.07, 6.45) is 1.88. The van der Waals surface area contributed by atoms with Gasteiger partial charge in [0.25, 0.3) is 0 Å². The maximum Gasteiger partial charge on any atom is 0.338 e. The lowest BCUT2D eigenvalue weighted by Crippen LogP contribution is -2.20. The summed E-state index contributed by atoms with van der Waals surface area (Å²) in [5.41, 5.74) is 1.18. The summed E-state index contributed by atoms with van der Waals surface area (Å²) in [7, 11) is 0. The highest BCUT2D eigenvalue weighted by atomic mass is 32.2. The van der Waals surface area contributed by atoms with Gasteiger partial charge in [-0.1, -0.05) is 26.8 Å². The van der Waals surface area contributed by atoms with Gasteiger partial charge in [0.05, 0.1) is 5.56 Å². The number of carboxylic acid groups (broad SMARTS) is 1. The molecule has 4 heteroatoms. The van der Waals surface area contributed by atoms with E-state index in [1.807, 2.05) is 24.5 Å². The fourth-order valence-corrected chi connectivity index (χ4v) is 2.05. The van der Waals surface area contributed by atoms with Gasteiger partial charge >= 0.3 is 5.97 Å². The van der Waals surface area contributed by atoms with Crippen molar-refractivity contribution in [2.24, 2.45) is 5.41 Å². The van der Waals surface area contributed by atoms with Crippen LogP contribution < -0.4 is 5.32 Å². The Morgan fingerprint density at radius 1 is 1.41 bits per heavy atom. The molecule has 0 amide bonds. The first-order chi connectivity index (χ1) is 7.85. The zero-order valence-corrected chi connectivity index (χ0v) is 11.5. The molecular formula is C13H19NO2S. The Morgan fingerprint density at radius 2 is 2.06 bits per heavy atom. The molecule has 0 unspecified atom stereocenters. The van der Waals surface area contributed by atoms with Gasteiger partial charge in [0, 0.05) is 17.1 Å². The molecule has 1 aromatic carbocycles. The molecule has 0 saturated carbocycles. The van der Waals surface area contributed by atoms with Crippen LogP contribution in [-0.4, -0.2) is 23.9 Å². The SMILES string of the molecule is CSc1cccc(NCC(C)(C)C)c1C(=O)O. The summed E-state index contributed by atoms with van der Waals surface area (Å²) in [5.74, 6) is -0.883. The van der Waals surface area contributed by atoms with E-state index in [1.54, 1.807) is 0 Å². The second-order valence-electron chi connectivity index (χ2n) is 5.10. The third kappa shape index (κ3) is 3.97. The molecule has 0 aliphatic heterocycles. The Balaban J connectivity index is 3.02. The molecule has 0 bridgehead atoms. The van der Waals surface area contributed by atoms with Crippen LogP contribution in [0.25, 0.3) is 0 Å². The summed E-state index contributed by atoms with van der Waals surface area (Å²) in [4.78, 5) is 12.1. The molecule has 1 rings (SSSR count). The lowest BCUT2D eigenvalue weighted by atomic mass is 9.96. The van der Waals surface area contributed by atoms with Gasteiger partial charge in [-0.25, -0.2) is 4.79 Å². The van der Waals surface area contributed by atoms with E-state index in [-0.39, 0.29) is 5.41 Å². The number of hydrogen-bond acceptors (Lipinski definition) is 3. The lowest BCUT2D eigenvalue weighted by Gasteiger charge is -2.21. The van der Waals surface area contributed by atoms with E-state index in [4.69, 9.17) is 0 Å². The first-order valence-corrected chi connectivity index (χ1v) is 6.72. The van der Waals surface area contributed by atoms with Crippen LogP contribution >= 0.6 is 11.8 Å². The Kier molecular flexibility index (Phi) is 4.46. The quantitative estimate of drug-likeness (QED) is 0.805. The van der Waals surface area contributed by atoms with Gasteiger partial charge in [-0.15, -0.1) is 11.8 Å². The second kappa shape index (κ2) is 5.45. The number of nitrogens with one attached hydrogen (secondary N) is 1. The number of carbonyl (C=O) groups is 1. The number of thioether (sulfide) groups is 1. The molecule has 0 spiro atoms. The molecule has 17 heavy (non-hydrogen) atoms. The first-order valence-electron chi connectivity index (χ1n) is 5.49. The Morgan fingerprint density at radius 3 is 2.53 bits per heavy atom. The smallest absolute Gasteiger partial charge is 0.338 e. The molecular weight excluding hydrogens is 234 g/mol. The summed E-state index contributed by atoms with van der Waals surface area (Å²) < 4.78 is 0. The van der Waals surface area contributed by atoms with Gasteiger partial charge in [0.1, 0.15) is 0 Å². The molecule has 0 aliphatic carbocycles. The van der Waals surface area contributed by atoms with E-state index in [9.17, 15) is 9.90 Å². The molecule has 1 aromatic rings. The van der Waals surface area contributed by atoms with E-state index in [0.29, 0.717) is 11.3 Å². The van der Waals surface area contributed by atoms with Gasteiger partial charge in [-0.05, 0) is 23.8 Å². The van der Waals surface area contributed by atoms with Crippen LogP contribution in [0.5, 0.6) is 0 Å². The summed E-state index contributed by atoms with van der Waals surface area (Å²) in [5, 5.41) is 12.5. The van der Waals surface area contributed by atoms with Crippen LogP contribution in [0.1, 0.15) is 31.1 Å². The highest BCUT2D eigenvalue weighted by Crippen LogP contribution is 2.28. The predicted molar refractivity (Wildman–Crippen MR) is 73.1 cm³/mol. The second-order valence-corrected chi connectivity index (χ2v) is 5.95. The summed E-state index contributed by atoms with van der Waals surface area (Å²) in [6.45, 7) is 7.07. The molecule has 0 aliphatic rings. The Labute approximate surface area is 107 Å². The molecule has 0 heterocycles. The number of rotatable bonds is 4. The lowest BCUT2D eigenvalue weighted by molar-refractivity contribution is 0.0694. The predicted octanol–water partition coefficient (Wildman–Crippen LogP) is 3.56. The van der Waals surface area contributed by atoms with Crippen LogP contribution in [-0.2, 0) is 0 Å². The van der Waals surface area contributed by atoms with Crippen LogP contribution in [0, 0.1) is 5.41 Å². The number of benzene rings is 1. The van der Waals surface area contributed by atoms with E-state index < -0.39 is 5.97 Å². The van der Waals surface area contributed by atoms with Crippen LogP contribution in [0.4, 0.5) is 5.69 Å². The van der Waals surface area contributed by atoms with Crippen molar-refractivity contribution in [1.29, 1.82) is 0 Å². The molecule has 94 valence electrons. The monoisotopic (exact) mass is 253 g/mol. The minimum Gasteiger partial charge on any atom is -0.478 e. The number of carboxylic acids is 1. The van der Waals surface area contributed by atoms with Crippen LogP contribution in [0.15, 0.2) is 23.1 Å².